The van der Waals surface area contributed by atoms with E-state index >= 15 is 0 Å². The predicted octanol–water partition coefficient (Wildman–Crippen LogP) is 4.68. The highest BCUT2D eigenvalue weighted by atomic mass is 32.2. The van der Waals surface area contributed by atoms with E-state index in [4.69, 9.17) is 4.74 Å². The van der Waals surface area contributed by atoms with E-state index in [9.17, 15) is 17.6 Å². The standard InChI is InChI=1S/C24H25FN2O4S/c1-4-31-21-12-14-22(15-13-21)32(29,30)27(20-10-8-19(25)9-11-20)16-23(28)26-24-17(2)6-5-7-18(24)3/h5-15H,4,16H2,1-3H3,(H,26,28). The summed E-state index contributed by atoms with van der Waals surface area (Å²) in [5.74, 6) is -0.485. The molecule has 1 amide bonds. The van der Waals surface area contributed by atoms with Crippen molar-refractivity contribution in [2.24, 2.45) is 0 Å². The highest BCUT2D eigenvalue weighted by Gasteiger charge is 2.27. The molecule has 8 heteroatoms. The van der Waals surface area contributed by atoms with Gasteiger partial charge in [-0.15, -0.1) is 0 Å². The lowest BCUT2D eigenvalue weighted by atomic mass is 10.1. The molecular formula is C24H25FN2O4S. The lowest BCUT2D eigenvalue weighted by Gasteiger charge is -2.24. The van der Waals surface area contributed by atoms with E-state index in [0.29, 0.717) is 18.0 Å². The number of ether oxygens (including phenoxy) is 1. The van der Waals surface area contributed by atoms with Gasteiger partial charge >= 0.3 is 0 Å². The molecule has 0 heterocycles. The van der Waals surface area contributed by atoms with Gasteiger partial charge in [0.2, 0.25) is 5.91 Å². The molecule has 0 aromatic heterocycles. The zero-order valence-corrected chi connectivity index (χ0v) is 18.9. The smallest absolute Gasteiger partial charge is 0.264 e. The monoisotopic (exact) mass is 456 g/mol. The highest BCUT2D eigenvalue weighted by Crippen LogP contribution is 2.26. The van der Waals surface area contributed by atoms with Gasteiger partial charge in [0.1, 0.15) is 18.1 Å². The molecule has 0 aliphatic heterocycles. The summed E-state index contributed by atoms with van der Waals surface area (Å²) in [6, 6.07) is 16.5. The van der Waals surface area contributed by atoms with Crippen LogP contribution < -0.4 is 14.4 Å². The van der Waals surface area contributed by atoms with Crippen LogP contribution in [0.3, 0.4) is 0 Å². The fraction of sp³-hybridized carbons (Fsp3) is 0.208. The average molecular weight is 457 g/mol. The number of halogens is 1. The van der Waals surface area contributed by atoms with Gasteiger partial charge < -0.3 is 10.1 Å². The van der Waals surface area contributed by atoms with E-state index in [1.807, 2.05) is 39.0 Å². The number of anilines is 2. The highest BCUT2D eigenvalue weighted by molar-refractivity contribution is 7.92. The van der Waals surface area contributed by atoms with Crippen molar-refractivity contribution in [3.8, 4) is 5.75 Å². The van der Waals surface area contributed by atoms with Crippen molar-refractivity contribution in [2.75, 3.05) is 22.8 Å². The zero-order chi connectivity index (χ0) is 23.3. The number of rotatable bonds is 8. The van der Waals surface area contributed by atoms with Gasteiger partial charge in [0.15, 0.2) is 0 Å². The molecule has 0 aliphatic carbocycles. The molecule has 3 rings (SSSR count). The second-order valence-electron chi connectivity index (χ2n) is 7.21. The average Bonchev–Trinajstić information content (AvgIpc) is 2.76. The number of sulfonamides is 1. The minimum Gasteiger partial charge on any atom is -0.494 e. The Balaban J connectivity index is 1.95. The molecule has 0 unspecified atom stereocenters. The molecule has 168 valence electrons. The minimum atomic E-state index is -4.11. The Morgan fingerprint density at radius 2 is 1.56 bits per heavy atom. The van der Waals surface area contributed by atoms with Crippen LogP contribution in [0.4, 0.5) is 15.8 Å². The van der Waals surface area contributed by atoms with Crippen molar-refractivity contribution in [2.45, 2.75) is 25.7 Å². The van der Waals surface area contributed by atoms with Crippen LogP contribution in [0.5, 0.6) is 5.75 Å². The van der Waals surface area contributed by atoms with Gasteiger partial charge in [-0.05, 0) is 80.4 Å². The number of aryl methyl sites for hydroxylation is 2. The lowest BCUT2D eigenvalue weighted by molar-refractivity contribution is -0.114. The molecule has 3 aromatic rings. The molecule has 1 N–H and O–H groups in total. The number of nitrogens with zero attached hydrogens (tertiary/aromatic N) is 1. The fourth-order valence-corrected chi connectivity index (χ4v) is 4.67. The Hall–Kier alpha value is -3.39. The van der Waals surface area contributed by atoms with Crippen molar-refractivity contribution in [1.82, 2.24) is 0 Å². The predicted molar refractivity (Wildman–Crippen MR) is 123 cm³/mol. The fourth-order valence-electron chi connectivity index (χ4n) is 3.25. The van der Waals surface area contributed by atoms with Crippen molar-refractivity contribution >= 4 is 27.3 Å². The normalized spacial score (nSPS) is 11.1. The van der Waals surface area contributed by atoms with Crippen LogP contribution in [-0.2, 0) is 14.8 Å². The second-order valence-corrected chi connectivity index (χ2v) is 9.07. The first-order valence-corrected chi connectivity index (χ1v) is 11.5. The number of hydrogen-bond donors (Lipinski definition) is 1. The van der Waals surface area contributed by atoms with Crippen molar-refractivity contribution in [3.63, 3.8) is 0 Å². The molecule has 0 bridgehead atoms. The van der Waals surface area contributed by atoms with Crippen LogP contribution in [0.1, 0.15) is 18.1 Å². The maximum absolute atomic E-state index is 13.5. The molecule has 0 aliphatic rings. The number of hydrogen-bond acceptors (Lipinski definition) is 4. The van der Waals surface area contributed by atoms with Crippen LogP contribution in [0.15, 0.2) is 71.6 Å². The SMILES string of the molecule is CCOc1ccc(S(=O)(=O)N(CC(=O)Nc2c(C)cccc2C)c2ccc(F)cc2)cc1. The number of carbonyl (C=O) groups excluding carboxylic acids is 1. The first-order chi connectivity index (χ1) is 15.2. The number of amides is 1. The lowest BCUT2D eigenvalue weighted by Crippen LogP contribution is -2.38. The molecule has 0 spiro atoms. The maximum Gasteiger partial charge on any atom is 0.264 e. The molecule has 0 fully saturated rings. The Labute approximate surface area is 187 Å². The van der Waals surface area contributed by atoms with Gasteiger partial charge in [-0.3, -0.25) is 9.10 Å². The van der Waals surface area contributed by atoms with Crippen molar-refractivity contribution in [3.05, 3.63) is 83.7 Å². The van der Waals surface area contributed by atoms with Gasteiger partial charge in [0.25, 0.3) is 10.0 Å². The Morgan fingerprint density at radius 3 is 2.12 bits per heavy atom. The molecule has 0 saturated heterocycles. The Morgan fingerprint density at radius 1 is 0.969 bits per heavy atom. The summed E-state index contributed by atoms with van der Waals surface area (Å²) in [5, 5.41) is 2.80. The second kappa shape index (κ2) is 9.82. The zero-order valence-electron chi connectivity index (χ0n) is 18.1. The van der Waals surface area contributed by atoms with Crippen LogP contribution in [0.25, 0.3) is 0 Å². The van der Waals surface area contributed by atoms with E-state index in [1.54, 1.807) is 12.1 Å². The molecular weight excluding hydrogens is 431 g/mol. The van der Waals surface area contributed by atoms with Crippen LogP contribution in [0.2, 0.25) is 0 Å². The molecule has 0 radical (unpaired) electrons. The summed E-state index contributed by atoms with van der Waals surface area (Å²) in [6.45, 7) is 5.52. The minimum absolute atomic E-state index is 0.00912. The van der Waals surface area contributed by atoms with Gasteiger partial charge in [-0.2, -0.15) is 0 Å². The van der Waals surface area contributed by atoms with E-state index in [1.165, 1.54) is 24.3 Å². The number of para-hydroxylation sites is 1. The molecule has 0 atom stereocenters. The molecule has 32 heavy (non-hydrogen) atoms. The molecule has 3 aromatic carbocycles. The van der Waals surface area contributed by atoms with E-state index in [-0.39, 0.29) is 10.6 Å². The van der Waals surface area contributed by atoms with Crippen LogP contribution in [0, 0.1) is 19.7 Å². The topological polar surface area (TPSA) is 75.7 Å². The summed E-state index contributed by atoms with van der Waals surface area (Å²) >= 11 is 0. The van der Waals surface area contributed by atoms with Gasteiger partial charge in [-0.25, -0.2) is 12.8 Å². The number of carbonyl (C=O) groups is 1. The summed E-state index contributed by atoms with van der Waals surface area (Å²) in [6.07, 6.45) is 0. The first kappa shape index (κ1) is 23.3. The van der Waals surface area contributed by atoms with Crippen LogP contribution >= 0.6 is 0 Å². The summed E-state index contributed by atoms with van der Waals surface area (Å²) in [5.41, 5.74) is 2.54. The summed E-state index contributed by atoms with van der Waals surface area (Å²) in [4.78, 5) is 12.9. The quantitative estimate of drug-likeness (QED) is 0.534. The Kier molecular flexibility index (Phi) is 7.15. The van der Waals surface area contributed by atoms with Gasteiger partial charge in [0.05, 0.1) is 17.2 Å². The van der Waals surface area contributed by atoms with Crippen molar-refractivity contribution < 1.29 is 22.3 Å². The van der Waals surface area contributed by atoms with Crippen LogP contribution in [-0.4, -0.2) is 27.5 Å². The first-order valence-electron chi connectivity index (χ1n) is 10.1. The van der Waals surface area contributed by atoms with E-state index in [0.717, 1.165) is 27.6 Å². The Bertz CT molecular complexity index is 1170. The van der Waals surface area contributed by atoms with Crippen molar-refractivity contribution in [1.29, 1.82) is 0 Å². The molecule has 0 saturated carbocycles. The third-order valence-corrected chi connectivity index (χ3v) is 6.66. The third kappa shape index (κ3) is 5.26. The van der Waals surface area contributed by atoms with Gasteiger partial charge in [0, 0.05) is 5.69 Å². The number of nitrogens with one attached hydrogen (secondary N) is 1. The van der Waals surface area contributed by atoms with E-state index in [2.05, 4.69) is 5.32 Å². The largest absolute Gasteiger partial charge is 0.494 e. The number of benzene rings is 3. The third-order valence-electron chi connectivity index (χ3n) is 4.87. The summed E-state index contributed by atoms with van der Waals surface area (Å²) < 4.78 is 46.6. The molecule has 6 nitrogen and oxygen atoms in total. The summed E-state index contributed by atoms with van der Waals surface area (Å²) in [7, 11) is -4.11. The van der Waals surface area contributed by atoms with E-state index < -0.39 is 28.3 Å². The van der Waals surface area contributed by atoms with Gasteiger partial charge in [-0.1, -0.05) is 18.2 Å². The maximum atomic E-state index is 13.5.